The third kappa shape index (κ3) is 12.5. The number of rotatable bonds is 20. The van der Waals surface area contributed by atoms with Gasteiger partial charge in [0.1, 0.15) is 5.75 Å². The highest BCUT2D eigenvalue weighted by Gasteiger charge is 2.35. The molecule has 0 aliphatic rings. The molecular weight excluding hydrogens is 412 g/mol. The quantitative estimate of drug-likeness (QED) is 0.171. The molecule has 0 amide bonds. The molecule has 190 valence electrons. The molecular formula is C29H50O4. The largest absolute Gasteiger partial charge is 0.507 e. The molecule has 4 heteroatoms. The Kier molecular flexibility index (Phi) is 15.2. The first kappa shape index (κ1) is 29.5. The molecule has 0 aromatic heterocycles. The van der Waals surface area contributed by atoms with Crippen molar-refractivity contribution < 1.29 is 20.1 Å². The molecule has 1 unspecified atom stereocenters. The van der Waals surface area contributed by atoms with Gasteiger partial charge in [0.15, 0.2) is 5.60 Å². The SMILES string of the molecule is CCCCCCCCCCCCCCCCCCC(O)(Cc1cc(C)c(O)c(C)c1)C(=O)O. The molecule has 0 spiro atoms. The number of carboxylic acid groups (broad SMARTS) is 1. The summed E-state index contributed by atoms with van der Waals surface area (Å²) in [6.45, 7) is 5.85. The monoisotopic (exact) mass is 462 g/mol. The number of phenols is 1. The molecule has 0 radical (unpaired) electrons. The van der Waals surface area contributed by atoms with Crippen LogP contribution in [0.15, 0.2) is 12.1 Å². The molecule has 0 heterocycles. The number of carboxylic acids is 1. The molecule has 1 aromatic carbocycles. The van der Waals surface area contributed by atoms with Gasteiger partial charge < -0.3 is 15.3 Å². The Bertz CT molecular complexity index is 647. The van der Waals surface area contributed by atoms with Crippen LogP contribution in [0.1, 0.15) is 133 Å². The number of carbonyl (C=O) groups is 1. The van der Waals surface area contributed by atoms with Crippen LogP contribution in [0.4, 0.5) is 0 Å². The van der Waals surface area contributed by atoms with Crippen molar-refractivity contribution in [1.82, 2.24) is 0 Å². The number of aromatic hydroxyl groups is 1. The molecule has 1 aromatic rings. The fraction of sp³-hybridized carbons (Fsp3) is 0.759. The Morgan fingerprint density at radius 1 is 0.727 bits per heavy atom. The Labute approximate surface area is 202 Å². The van der Waals surface area contributed by atoms with Crippen molar-refractivity contribution in [2.75, 3.05) is 0 Å². The second-order valence-corrected chi connectivity index (χ2v) is 10.1. The van der Waals surface area contributed by atoms with Crippen LogP contribution in [-0.4, -0.2) is 26.9 Å². The molecule has 0 bridgehead atoms. The van der Waals surface area contributed by atoms with E-state index in [1.807, 2.05) is 0 Å². The number of hydrogen-bond acceptors (Lipinski definition) is 3. The summed E-state index contributed by atoms with van der Waals surface area (Å²) >= 11 is 0. The smallest absolute Gasteiger partial charge is 0.336 e. The summed E-state index contributed by atoms with van der Waals surface area (Å²) in [4.78, 5) is 11.8. The van der Waals surface area contributed by atoms with Crippen LogP contribution in [0.3, 0.4) is 0 Å². The number of unbranched alkanes of at least 4 members (excludes halogenated alkanes) is 15. The first-order valence-corrected chi connectivity index (χ1v) is 13.5. The minimum atomic E-state index is -1.74. The lowest BCUT2D eigenvalue weighted by Crippen LogP contribution is -2.40. The van der Waals surface area contributed by atoms with E-state index in [4.69, 9.17) is 0 Å². The zero-order valence-corrected chi connectivity index (χ0v) is 21.6. The van der Waals surface area contributed by atoms with E-state index < -0.39 is 11.6 Å². The van der Waals surface area contributed by atoms with Gasteiger partial charge in [-0.15, -0.1) is 0 Å². The van der Waals surface area contributed by atoms with Gasteiger partial charge in [-0.1, -0.05) is 115 Å². The number of benzene rings is 1. The molecule has 1 rings (SSSR count). The zero-order chi connectivity index (χ0) is 24.5. The molecule has 0 saturated heterocycles. The second-order valence-electron chi connectivity index (χ2n) is 10.1. The van der Waals surface area contributed by atoms with Crippen LogP contribution < -0.4 is 0 Å². The van der Waals surface area contributed by atoms with Crippen molar-refractivity contribution in [3.63, 3.8) is 0 Å². The lowest BCUT2D eigenvalue weighted by atomic mass is 9.87. The summed E-state index contributed by atoms with van der Waals surface area (Å²) in [7, 11) is 0. The topological polar surface area (TPSA) is 77.8 Å². The van der Waals surface area contributed by atoms with Crippen molar-refractivity contribution in [3.05, 3.63) is 28.8 Å². The van der Waals surface area contributed by atoms with E-state index in [9.17, 15) is 20.1 Å². The molecule has 0 saturated carbocycles. The lowest BCUT2D eigenvalue weighted by Gasteiger charge is -2.24. The van der Waals surface area contributed by atoms with Gasteiger partial charge in [-0.3, -0.25) is 0 Å². The summed E-state index contributed by atoms with van der Waals surface area (Å²) in [6, 6.07) is 3.54. The Morgan fingerprint density at radius 3 is 1.45 bits per heavy atom. The van der Waals surface area contributed by atoms with Gasteiger partial charge in [-0.25, -0.2) is 4.79 Å². The van der Waals surface area contributed by atoms with E-state index in [1.54, 1.807) is 26.0 Å². The third-order valence-electron chi connectivity index (χ3n) is 6.89. The van der Waals surface area contributed by atoms with Crippen LogP contribution >= 0.6 is 0 Å². The Morgan fingerprint density at radius 2 is 1.09 bits per heavy atom. The van der Waals surface area contributed by atoms with Gasteiger partial charge in [-0.2, -0.15) is 0 Å². The Balaban J connectivity index is 2.11. The first-order chi connectivity index (χ1) is 15.8. The van der Waals surface area contributed by atoms with Crippen LogP contribution in [0.5, 0.6) is 5.75 Å². The van der Waals surface area contributed by atoms with Crippen molar-refractivity contribution in [1.29, 1.82) is 0 Å². The predicted molar refractivity (Wildman–Crippen MR) is 138 cm³/mol. The summed E-state index contributed by atoms with van der Waals surface area (Å²) in [5, 5.41) is 30.3. The summed E-state index contributed by atoms with van der Waals surface area (Å²) < 4.78 is 0. The molecule has 4 nitrogen and oxygen atoms in total. The van der Waals surface area contributed by atoms with E-state index >= 15 is 0 Å². The van der Waals surface area contributed by atoms with Gasteiger partial charge in [0.05, 0.1) is 0 Å². The number of aliphatic carboxylic acids is 1. The van der Waals surface area contributed by atoms with Gasteiger partial charge in [0.25, 0.3) is 0 Å². The molecule has 33 heavy (non-hydrogen) atoms. The number of phenolic OH excluding ortho intramolecular Hbond substituents is 1. The Hall–Kier alpha value is -1.55. The van der Waals surface area contributed by atoms with Gasteiger partial charge >= 0.3 is 5.97 Å². The van der Waals surface area contributed by atoms with Crippen LogP contribution in [-0.2, 0) is 11.2 Å². The van der Waals surface area contributed by atoms with Gasteiger partial charge in [0, 0.05) is 6.42 Å². The number of hydrogen-bond donors (Lipinski definition) is 3. The van der Waals surface area contributed by atoms with Crippen molar-refractivity contribution in [2.45, 2.75) is 142 Å². The predicted octanol–water partition coefficient (Wildman–Crippen LogP) is 8.02. The summed E-state index contributed by atoms with van der Waals surface area (Å²) in [5.74, 6) is -0.928. The average Bonchev–Trinajstić information content (AvgIpc) is 2.77. The maximum Gasteiger partial charge on any atom is 0.336 e. The normalized spacial score (nSPS) is 13.2. The van der Waals surface area contributed by atoms with Crippen LogP contribution in [0.2, 0.25) is 0 Å². The minimum absolute atomic E-state index is 0.0725. The first-order valence-electron chi connectivity index (χ1n) is 13.5. The van der Waals surface area contributed by atoms with Crippen molar-refractivity contribution in [2.24, 2.45) is 0 Å². The van der Waals surface area contributed by atoms with Crippen molar-refractivity contribution >= 4 is 5.97 Å². The molecule has 3 N–H and O–H groups in total. The van der Waals surface area contributed by atoms with Crippen LogP contribution in [0.25, 0.3) is 0 Å². The molecule has 0 aliphatic carbocycles. The molecule has 0 fully saturated rings. The van der Waals surface area contributed by atoms with E-state index in [1.165, 1.54) is 83.5 Å². The van der Waals surface area contributed by atoms with Crippen LogP contribution in [0, 0.1) is 13.8 Å². The number of aliphatic hydroxyl groups is 1. The number of aryl methyl sites for hydroxylation is 2. The standard InChI is InChI=1S/C29H50O4/c1-4-5-6-7-8-9-10-11-12-13-14-15-16-17-18-19-20-29(33,28(31)32)23-26-21-24(2)27(30)25(3)22-26/h21-22,30,33H,4-20,23H2,1-3H3,(H,31,32). The lowest BCUT2D eigenvalue weighted by molar-refractivity contribution is -0.159. The third-order valence-corrected chi connectivity index (χ3v) is 6.89. The maximum absolute atomic E-state index is 11.8. The van der Waals surface area contributed by atoms with E-state index in [0.717, 1.165) is 24.8 Å². The summed E-state index contributed by atoms with van der Waals surface area (Å²) in [6.07, 6.45) is 20.7. The molecule has 0 aliphatic heterocycles. The second kappa shape index (κ2) is 17.0. The molecule has 1 atom stereocenters. The van der Waals surface area contributed by atoms with E-state index in [0.29, 0.717) is 11.1 Å². The highest BCUT2D eigenvalue weighted by Crippen LogP contribution is 2.27. The van der Waals surface area contributed by atoms with Gasteiger partial charge in [0.2, 0.25) is 0 Å². The minimum Gasteiger partial charge on any atom is -0.507 e. The van der Waals surface area contributed by atoms with E-state index in [2.05, 4.69) is 6.92 Å². The highest BCUT2D eigenvalue weighted by molar-refractivity contribution is 5.77. The fourth-order valence-electron chi connectivity index (χ4n) is 4.72. The fourth-order valence-corrected chi connectivity index (χ4v) is 4.72. The summed E-state index contributed by atoms with van der Waals surface area (Å²) in [5.41, 5.74) is 0.427. The van der Waals surface area contributed by atoms with E-state index in [-0.39, 0.29) is 18.6 Å². The van der Waals surface area contributed by atoms with Crippen molar-refractivity contribution in [3.8, 4) is 5.75 Å². The average molecular weight is 463 g/mol. The zero-order valence-electron chi connectivity index (χ0n) is 21.6. The maximum atomic E-state index is 11.8. The van der Waals surface area contributed by atoms with Gasteiger partial charge in [-0.05, 0) is 43.4 Å². The highest BCUT2D eigenvalue weighted by atomic mass is 16.4.